The molecule has 1 unspecified atom stereocenters. The van der Waals surface area contributed by atoms with E-state index in [0.717, 1.165) is 33.6 Å². The van der Waals surface area contributed by atoms with E-state index in [4.69, 9.17) is 0 Å². The van der Waals surface area contributed by atoms with Gasteiger partial charge in [-0.3, -0.25) is 10.1 Å². The molecule has 0 radical (unpaired) electrons. The van der Waals surface area contributed by atoms with Crippen LogP contribution in [0.5, 0.6) is 0 Å². The van der Waals surface area contributed by atoms with Crippen LogP contribution in [0.1, 0.15) is 45.6 Å². The maximum atomic E-state index is 12.7. The number of aromatic nitrogens is 2. The van der Waals surface area contributed by atoms with Crippen molar-refractivity contribution in [2.24, 2.45) is 0 Å². The third-order valence-electron chi connectivity index (χ3n) is 4.61. The van der Waals surface area contributed by atoms with Gasteiger partial charge in [0, 0.05) is 11.6 Å². The van der Waals surface area contributed by atoms with Gasteiger partial charge in [0.25, 0.3) is 15.9 Å². The van der Waals surface area contributed by atoms with Crippen LogP contribution in [0, 0.1) is 20.8 Å². The fraction of sp³-hybridized carbons (Fsp3) is 0.250. The van der Waals surface area contributed by atoms with Gasteiger partial charge in [0.15, 0.2) is 0 Å². The van der Waals surface area contributed by atoms with Crippen molar-refractivity contribution in [3.63, 3.8) is 0 Å². The van der Waals surface area contributed by atoms with Crippen LogP contribution >= 0.6 is 11.3 Å². The van der Waals surface area contributed by atoms with Gasteiger partial charge >= 0.3 is 0 Å². The van der Waals surface area contributed by atoms with Crippen LogP contribution in [0.3, 0.4) is 0 Å². The number of sulfonamides is 1. The molecule has 1 atom stereocenters. The molecule has 2 aromatic carbocycles. The molecule has 3 aromatic rings. The third-order valence-corrected chi connectivity index (χ3v) is 7.36. The van der Waals surface area contributed by atoms with E-state index in [1.165, 1.54) is 0 Å². The topological polar surface area (TPSA) is 101 Å². The summed E-state index contributed by atoms with van der Waals surface area (Å²) in [6, 6.07) is 12.5. The molecule has 152 valence electrons. The summed E-state index contributed by atoms with van der Waals surface area (Å²) in [5.74, 6) is -0.361. The van der Waals surface area contributed by atoms with Gasteiger partial charge in [-0.1, -0.05) is 47.7 Å². The highest BCUT2D eigenvalue weighted by molar-refractivity contribution is 7.91. The molecule has 2 N–H and O–H groups in total. The van der Waals surface area contributed by atoms with Crippen LogP contribution in [0.2, 0.25) is 0 Å². The number of carbonyl (C=O) groups is 1. The van der Waals surface area contributed by atoms with Crippen LogP contribution in [-0.4, -0.2) is 24.5 Å². The summed E-state index contributed by atoms with van der Waals surface area (Å²) in [7, 11) is -3.87. The summed E-state index contributed by atoms with van der Waals surface area (Å²) < 4.78 is 27.8. The molecule has 0 aliphatic rings. The Balaban J connectivity index is 1.73. The molecule has 1 amide bonds. The van der Waals surface area contributed by atoms with Gasteiger partial charge in [0.05, 0.1) is 0 Å². The molecule has 1 heterocycles. The minimum absolute atomic E-state index is 0.123. The number of nitrogens with zero attached hydrogens (tertiary/aromatic N) is 2. The first-order chi connectivity index (χ1) is 13.7. The first-order valence-corrected chi connectivity index (χ1v) is 11.3. The summed E-state index contributed by atoms with van der Waals surface area (Å²) in [4.78, 5) is 12.4. The van der Waals surface area contributed by atoms with Gasteiger partial charge in [0.1, 0.15) is 0 Å². The van der Waals surface area contributed by atoms with Crippen molar-refractivity contribution in [3.05, 3.63) is 70.3 Å². The van der Waals surface area contributed by atoms with Crippen LogP contribution in [0.25, 0.3) is 0 Å². The highest BCUT2D eigenvalue weighted by atomic mass is 32.2. The smallest absolute Gasteiger partial charge is 0.270 e. The molecule has 0 bridgehead atoms. The lowest BCUT2D eigenvalue weighted by atomic mass is 10.0. The second-order valence-corrected chi connectivity index (χ2v) is 9.69. The van der Waals surface area contributed by atoms with Crippen molar-refractivity contribution in [2.75, 3.05) is 5.32 Å². The third kappa shape index (κ3) is 4.87. The second-order valence-electron chi connectivity index (χ2n) is 6.83. The van der Waals surface area contributed by atoms with Crippen molar-refractivity contribution >= 4 is 32.4 Å². The lowest BCUT2D eigenvalue weighted by Crippen LogP contribution is -2.26. The maximum Gasteiger partial charge on any atom is 0.270 e. The summed E-state index contributed by atoms with van der Waals surface area (Å²) in [5.41, 5.74) is 4.39. The standard InChI is InChI=1S/C20H22N4O3S2/c1-12-9-10-16(11-14(12)3)15(4)24-29(26,27)20-23-22-19(28-20)21-18(25)17-8-6-5-7-13(17)2/h5-11,15,24H,1-4H3,(H,21,22,25). The van der Waals surface area contributed by atoms with E-state index in [1.807, 2.05) is 51.1 Å². The Morgan fingerprint density at radius 2 is 1.72 bits per heavy atom. The Morgan fingerprint density at radius 3 is 2.41 bits per heavy atom. The number of carbonyl (C=O) groups excluding carboxylic acids is 1. The van der Waals surface area contributed by atoms with Gasteiger partial charge in [-0.15, -0.1) is 10.2 Å². The first-order valence-electron chi connectivity index (χ1n) is 8.97. The fourth-order valence-corrected chi connectivity index (χ4v) is 4.89. The lowest BCUT2D eigenvalue weighted by molar-refractivity contribution is 0.102. The lowest BCUT2D eigenvalue weighted by Gasteiger charge is -2.14. The van der Waals surface area contributed by atoms with Gasteiger partial charge in [-0.2, -0.15) is 0 Å². The molecular formula is C20H22N4O3S2. The van der Waals surface area contributed by atoms with E-state index < -0.39 is 16.1 Å². The van der Waals surface area contributed by atoms with Crippen LogP contribution < -0.4 is 10.0 Å². The highest BCUT2D eigenvalue weighted by Crippen LogP contribution is 2.24. The Labute approximate surface area is 174 Å². The van der Waals surface area contributed by atoms with Crippen molar-refractivity contribution in [1.29, 1.82) is 0 Å². The Bertz CT molecular complexity index is 1160. The summed E-state index contributed by atoms with van der Waals surface area (Å²) in [6.07, 6.45) is 0. The minimum atomic E-state index is -3.87. The van der Waals surface area contributed by atoms with Gasteiger partial charge in [0.2, 0.25) is 9.47 Å². The molecule has 1 aromatic heterocycles. The number of rotatable bonds is 6. The van der Waals surface area contributed by atoms with Gasteiger partial charge < -0.3 is 0 Å². The van der Waals surface area contributed by atoms with E-state index >= 15 is 0 Å². The zero-order chi connectivity index (χ0) is 21.2. The summed E-state index contributed by atoms with van der Waals surface area (Å²) in [6.45, 7) is 7.57. The normalized spacial score (nSPS) is 12.6. The average Bonchev–Trinajstić information content (AvgIpc) is 3.13. The predicted octanol–water partition coefficient (Wildman–Crippen LogP) is 3.76. The van der Waals surface area contributed by atoms with E-state index in [2.05, 4.69) is 20.2 Å². The number of anilines is 1. The molecule has 0 saturated heterocycles. The molecule has 29 heavy (non-hydrogen) atoms. The number of amides is 1. The summed E-state index contributed by atoms with van der Waals surface area (Å²) in [5, 5.41) is 10.3. The van der Waals surface area contributed by atoms with Gasteiger partial charge in [-0.25, -0.2) is 13.1 Å². The van der Waals surface area contributed by atoms with Gasteiger partial charge in [-0.05, 0) is 56.0 Å². The number of hydrogen-bond donors (Lipinski definition) is 2. The molecular weight excluding hydrogens is 408 g/mol. The van der Waals surface area contributed by atoms with Crippen LogP contribution in [-0.2, 0) is 10.0 Å². The van der Waals surface area contributed by atoms with Crippen LogP contribution in [0.15, 0.2) is 46.8 Å². The average molecular weight is 431 g/mol. The fourth-order valence-electron chi connectivity index (χ4n) is 2.75. The number of benzene rings is 2. The van der Waals surface area contributed by atoms with E-state index in [1.54, 1.807) is 19.1 Å². The molecule has 0 aliphatic carbocycles. The predicted molar refractivity (Wildman–Crippen MR) is 114 cm³/mol. The largest absolute Gasteiger partial charge is 0.296 e. The molecule has 0 aliphatic heterocycles. The molecule has 0 fully saturated rings. The zero-order valence-corrected chi connectivity index (χ0v) is 18.2. The van der Waals surface area contributed by atoms with Crippen molar-refractivity contribution in [1.82, 2.24) is 14.9 Å². The molecule has 0 saturated carbocycles. The monoisotopic (exact) mass is 430 g/mol. The second kappa shape index (κ2) is 8.40. The number of nitrogens with one attached hydrogen (secondary N) is 2. The Kier molecular flexibility index (Phi) is 6.11. The highest BCUT2D eigenvalue weighted by Gasteiger charge is 2.24. The Morgan fingerprint density at radius 1 is 1.00 bits per heavy atom. The van der Waals surface area contributed by atoms with Crippen LogP contribution in [0.4, 0.5) is 5.13 Å². The van der Waals surface area contributed by atoms with E-state index in [-0.39, 0.29) is 15.4 Å². The Hall–Kier alpha value is -2.62. The molecule has 9 heteroatoms. The maximum absolute atomic E-state index is 12.7. The quantitative estimate of drug-likeness (QED) is 0.580. The zero-order valence-electron chi connectivity index (χ0n) is 16.6. The van der Waals surface area contributed by atoms with E-state index in [0.29, 0.717) is 5.56 Å². The van der Waals surface area contributed by atoms with E-state index in [9.17, 15) is 13.2 Å². The first kappa shape index (κ1) is 21.1. The molecule has 3 rings (SSSR count). The van der Waals surface area contributed by atoms with Crippen molar-refractivity contribution in [2.45, 2.75) is 38.1 Å². The van der Waals surface area contributed by atoms with Crippen molar-refractivity contribution < 1.29 is 13.2 Å². The van der Waals surface area contributed by atoms with Crippen molar-refractivity contribution in [3.8, 4) is 0 Å². The number of aryl methyl sites for hydroxylation is 3. The summed E-state index contributed by atoms with van der Waals surface area (Å²) >= 11 is 0.807. The molecule has 7 nitrogen and oxygen atoms in total. The molecule has 0 spiro atoms. The minimum Gasteiger partial charge on any atom is -0.296 e. The SMILES string of the molecule is Cc1ccc(C(C)NS(=O)(=O)c2nnc(NC(=O)c3ccccc3C)s2)cc1C. The number of hydrogen-bond acceptors (Lipinski definition) is 6.